The summed E-state index contributed by atoms with van der Waals surface area (Å²) in [6.45, 7) is 2.17. The number of likely N-dealkylation sites (tertiary alicyclic amines) is 1. The highest BCUT2D eigenvalue weighted by Crippen LogP contribution is 2.29. The minimum atomic E-state index is 0.141. The topological polar surface area (TPSA) is 48.1 Å². The van der Waals surface area contributed by atoms with E-state index in [0.29, 0.717) is 12.5 Å². The van der Waals surface area contributed by atoms with Crippen molar-refractivity contribution in [3.05, 3.63) is 36.0 Å². The highest BCUT2D eigenvalue weighted by molar-refractivity contribution is 5.88. The second-order valence-electron chi connectivity index (χ2n) is 6.32. The normalized spacial score (nSPS) is 22.8. The van der Waals surface area contributed by atoms with Crippen LogP contribution in [0.1, 0.15) is 24.8 Å². The molecule has 0 spiro atoms. The Morgan fingerprint density at radius 2 is 2.14 bits per heavy atom. The van der Waals surface area contributed by atoms with Gasteiger partial charge in [0.15, 0.2) is 0 Å². The van der Waals surface area contributed by atoms with Crippen molar-refractivity contribution in [3.63, 3.8) is 0 Å². The molecule has 1 aliphatic carbocycles. The van der Waals surface area contributed by atoms with Crippen LogP contribution in [0, 0.1) is 0 Å². The molecule has 4 nitrogen and oxygen atoms in total. The number of para-hydroxylation sites is 1. The van der Waals surface area contributed by atoms with E-state index in [2.05, 4.69) is 21.3 Å². The Morgan fingerprint density at radius 3 is 3.00 bits per heavy atom. The average molecular weight is 283 g/mol. The number of amides is 1. The van der Waals surface area contributed by atoms with Crippen molar-refractivity contribution in [2.45, 2.75) is 37.8 Å². The lowest BCUT2D eigenvalue weighted by molar-refractivity contribution is -0.121. The summed E-state index contributed by atoms with van der Waals surface area (Å²) >= 11 is 0. The van der Waals surface area contributed by atoms with Crippen LogP contribution in [0.3, 0.4) is 0 Å². The number of nitrogens with zero attached hydrogens (tertiary/aromatic N) is 1. The smallest absolute Gasteiger partial charge is 0.224 e. The molecule has 1 aromatic heterocycles. The molecule has 4 heteroatoms. The minimum Gasteiger partial charge on any atom is -0.361 e. The molecule has 2 heterocycles. The zero-order chi connectivity index (χ0) is 14.2. The molecule has 2 aliphatic rings. The zero-order valence-corrected chi connectivity index (χ0v) is 12.1. The van der Waals surface area contributed by atoms with E-state index < -0.39 is 0 Å². The molecule has 2 fully saturated rings. The summed E-state index contributed by atoms with van der Waals surface area (Å²) in [5, 5.41) is 4.35. The van der Waals surface area contributed by atoms with Gasteiger partial charge in [-0.2, -0.15) is 0 Å². The molecule has 0 unspecified atom stereocenters. The van der Waals surface area contributed by atoms with E-state index in [1.54, 1.807) is 0 Å². The minimum absolute atomic E-state index is 0.141. The fourth-order valence-electron chi connectivity index (χ4n) is 3.41. The summed E-state index contributed by atoms with van der Waals surface area (Å²) < 4.78 is 0. The standard InChI is InChI=1S/C17H21N3O/c21-17(19-13-7-8-20(11-13)14-5-6-14)9-12-10-18-16-4-2-1-3-15(12)16/h1-4,10,13-14,18H,5-9,11H2,(H,19,21)/t13-/m1/s1. The molecule has 110 valence electrons. The van der Waals surface area contributed by atoms with E-state index in [1.807, 2.05) is 24.4 Å². The molecule has 1 saturated heterocycles. The van der Waals surface area contributed by atoms with Gasteiger partial charge in [-0.05, 0) is 30.9 Å². The van der Waals surface area contributed by atoms with Crippen molar-refractivity contribution >= 4 is 16.8 Å². The Morgan fingerprint density at radius 1 is 1.29 bits per heavy atom. The maximum absolute atomic E-state index is 12.3. The maximum Gasteiger partial charge on any atom is 0.224 e. The second-order valence-corrected chi connectivity index (χ2v) is 6.32. The van der Waals surface area contributed by atoms with Gasteiger partial charge in [-0.15, -0.1) is 0 Å². The predicted molar refractivity (Wildman–Crippen MR) is 83.1 cm³/mol. The maximum atomic E-state index is 12.3. The molecule has 1 aromatic carbocycles. The first kappa shape index (κ1) is 12.9. The number of aromatic amines is 1. The van der Waals surface area contributed by atoms with Crippen LogP contribution >= 0.6 is 0 Å². The summed E-state index contributed by atoms with van der Waals surface area (Å²) in [7, 11) is 0. The molecule has 4 rings (SSSR count). The third-order valence-electron chi connectivity index (χ3n) is 4.67. The van der Waals surface area contributed by atoms with Gasteiger partial charge in [0, 0.05) is 42.3 Å². The van der Waals surface area contributed by atoms with Gasteiger partial charge in [-0.25, -0.2) is 0 Å². The Bertz CT molecular complexity index is 659. The largest absolute Gasteiger partial charge is 0.361 e. The number of fused-ring (bicyclic) bond motifs is 1. The number of carbonyl (C=O) groups excluding carboxylic acids is 1. The van der Waals surface area contributed by atoms with Crippen molar-refractivity contribution in [2.24, 2.45) is 0 Å². The van der Waals surface area contributed by atoms with Crippen molar-refractivity contribution in [1.29, 1.82) is 0 Å². The summed E-state index contributed by atoms with van der Waals surface area (Å²) in [6.07, 6.45) is 6.20. The van der Waals surface area contributed by atoms with Gasteiger partial charge < -0.3 is 10.3 Å². The SMILES string of the molecule is O=C(Cc1c[nH]c2ccccc12)N[C@@H]1CCN(C2CC2)C1. The number of benzene rings is 1. The van der Waals surface area contributed by atoms with E-state index in [9.17, 15) is 4.79 Å². The van der Waals surface area contributed by atoms with Gasteiger partial charge in [-0.3, -0.25) is 9.69 Å². The van der Waals surface area contributed by atoms with Crippen LogP contribution in [0.2, 0.25) is 0 Å². The zero-order valence-electron chi connectivity index (χ0n) is 12.1. The van der Waals surface area contributed by atoms with Gasteiger partial charge in [-0.1, -0.05) is 18.2 Å². The van der Waals surface area contributed by atoms with Gasteiger partial charge in [0.1, 0.15) is 0 Å². The van der Waals surface area contributed by atoms with E-state index in [0.717, 1.165) is 42.0 Å². The number of H-pyrrole nitrogens is 1. The van der Waals surface area contributed by atoms with Gasteiger partial charge in [0.2, 0.25) is 5.91 Å². The summed E-state index contributed by atoms with van der Waals surface area (Å²) in [5.74, 6) is 0.141. The molecule has 0 radical (unpaired) electrons. The molecular formula is C17H21N3O. The number of aromatic nitrogens is 1. The fraction of sp³-hybridized carbons (Fsp3) is 0.471. The molecule has 1 aliphatic heterocycles. The van der Waals surface area contributed by atoms with E-state index in [4.69, 9.17) is 0 Å². The lowest BCUT2D eigenvalue weighted by atomic mass is 10.1. The van der Waals surface area contributed by atoms with Crippen LogP contribution in [-0.4, -0.2) is 41.0 Å². The van der Waals surface area contributed by atoms with Crippen molar-refractivity contribution in [3.8, 4) is 0 Å². The summed E-state index contributed by atoms with van der Waals surface area (Å²) in [4.78, 5) is 18.0. The van der Waals surface area contributed by atoms with E-state index >= 15 is 0 Å². The first-order valence-electron chi connectivity index (χ1n) is 7.88. The van der Waals surface area contributed by atoms with Crippen LogP contribution < -0.4 is 5.32 Å². The Kier molecular flexibility index (Phi) is 3.19. The van der Waals surface area contributed by atoms with Crippen molar-refractivity contribution in [2.75, 3.05) is 13.1 Å². The molecule has 2 aromatic rings. The average Bonchev–Trinajstić information content (AvgIpc) is 3.12. The molecule has 0 bridgehead atoms. The Balaban J connectivity index is 1.37. The van der Waals surface area contributed by atoms with E-state index in [1.165, 1.54) is 12.8 Å². The monoisotopic (exact) mass is 283 g/mol. The molecule has 21 heavy (non-hydrogen) atoms. The molecule has 1 saturated carbocycles. The first-order valence-corrected chi connectivity index (χ1v) is 7.88. The molecular weight excluding hydrogens is 262 g/mol. The van der Waals surface area contributed by atoms with Crippen molar-refractivity contribution in [1.82, 2.24) is 15.2 Å². The van der Waals surface area contributed by atoms with Gasteiger partial charge >= 0.3 is 0 Å². The molecule has 1 atom stereocenters. The van der Waals surface area contributed by atoms with Crippen molar-refractivity contribution < 1.29 is 4.79 Å². The lowest BCUT2D eigenvalue weighted by Gasteiger charge is -2.15. The fourth-order valence-corrected chi connectivity index (χ4v) is 3.41. The highest BCUT2D eigenvalue weighted by atomic mass is 16.1. The first-order chi connectivity index (χ1) is 10.3. The van der Waals surface area contributed by atoms with E-state index in [-0.39, 0.29) is 5.91 Å². The number of hydrogen-bond donors (Lipinski definition) is 2. The number of rotatable bonds is 4. The third kappa shape index (κ3) is 2.68. The number of hydrogen-bond acceptors (Lipinski definition) is 2. The van der Waals surface area contributed by atoms with Crippen LogP contribution in [0.15, 0.2) is 30.5 Å². The number of carbonyl (C=O) groups is 1. The van der Waals surface area contributed by atoms with Crippen LogP contribution in [0.25, 0.3) is 10.9 Å². The second kappa shape index (κ2) is 5.19. The summed E-state index contributed by atoms with van der Waals surface area (Å²) in [5.41, 5.74) is 2.18. The quantitative estimate of drug-likeness (QED) is 0.902. The summed E-state index contributed by atoms with van der Waals surface area (Å²) in [6, 6.07) is 9.28. The molecule has 2 N–H and O–H groups in total. The lowest BCUT2D eigenvalue weighted by Crippen LogP contribution is -2.38. The van der Waals surface area contributed by atoms with Gasteiger partial charge in [0.05, 0.1) is 6.42 Å². The van der Waals surface area contributed by atoms with Crippen LogP contribution in [0.4, 0.5) is 0 Å². The van der Waals surface area contributed by atoms with Crippen LogP contribution in [-0.2, 0) is 11.2 Å². The van der Waals surface area contributed by atoms with Crippen LogP contribution in [0.5, 0.6) is 0 Å². The number of nitrogens with one attached hydrogen (secondary N) is 2. The predicted octanol–water partition coefficient (Wildman–Crippen LogP) is 2.06. The Labute approximate surface area is 124 Å². The third-order valence-corrected chi connectivity index (χ3v) is 4.67. The van der Waals surface area contributed by atoms with Gasteiger partial charge in [0.25, 0.3) is 0 Å². The highest BCUT2D eigenvalue weighted by Gasteiger charge is 2.34. The Hall–Kier alpha value is -1.81. The molecule has 1 amide bonds.